The number of rotatable bonds is 4. The zero-order chi connectivity index (χ0) is 15.3. The van der Waals surface area contributed by atoms with Gasteiger partial charge in [-0.15, -0.1) is 0 Å². The number of benzene rings is 1. The number of carbonyl (C=O) groups is 2. The Bertz CT molecular complexity index is 494. The van der Waals surface area contributed by atoms with Crippen molar-refractivity contribution < 1.29 is 18.7 Å². The van der Waals surface area contributed by atoms with E-state index in [-0.39, 0.29) is 5.56 Å². The molecule has 0 fully saturated rings. The van der Waals surface area contributed by atoms with Gasteiger partial charge in [-0.3, -0.25) is 4.79 Å². The average molecular weight is 281 g/mol. The summed E-state index contributed by atoms with van der Waals surface area (Å²) in [7, 11) is 0. The van der Waals surface area contributed by atoms with Crippen LogP contribution in [-0.4, -0.2) is 23.5 Å². The smallest absolute Gasteiger partial charge is 0.408 e. The number of Topliss-reactive ketones (excluding diaryl/α,β-unsaturated/α-hetero) is 1. The van der Waals surface area contributed by atoms with Crippen LogP contribution in [-0.2, 0) is 4.74 Å². The molecule has 5 heteroatoms. The van der Waals surface area contributed by atoms with Gasteiger partial charge in [-0.25, -0.2) is 9.18 Å². The highest BCUT2D eigenvalue weighted by atomic mass is 19.1. The third-order valence-corrected chi connectivity index (χ3v) is 2.56. The number of carbonyl (C=O) groups excluding carboxylic acids is 2. The molecule has 0 saturated carbocycles. The van der Waals surface area contributed by atoms with Crippen molar-refractivity contribution in [1.29, 1.82) is 0 Å². The third kappa shape index (κ3) is 4.64. The van der Waals surface area contributed by atoms with Crippen LogP contribution in [0.4, 0.5) is 9.18 Å². The Kier molecular flexibility index (Phi) is 5.25. The van der Waals surface area contributed by atoms with Crippen molar-refractivity contribution in [2.75, 3.05) is 0 Å². The Morgan fingerprint density at radius 2 is 1.90 bits per heavy atom. The number of nitrogens with one attached hydrogen (secondary N) is 1. The molecule has 0 aliphatic carbocycles. The molecule has 1 rings (SSSR count). The van der Waals surface area contributed by atoms with Crippen LogP contribution in [0, 0.1) is 5.82 Å². The second-order valence-electron chi connectivity index (χ2n) is 5.45. The van der Waals surface area contributed by atoms with E-state index in [4.69, 9.17) is 4.74 Å². The molecule has 1 aromatic rings. The van der Waals surface area contributed by atoms with Crippen LogP contribution in [0.3, 0.4) is 0 Å². The molecule has 20 heavy (non-hydrogen) atoms. The van der Waals surface area contributed by atoms with Gasteiger partial charge in [0.2, 0.25) is 0 Å². The number of ether oxygens (including phenoxy) is 1. The lowest BCUT2D eigenvalue weighted by Crippen LogP contribution is -2.43. The van der Waals surface area contributed by atoms with Gasteiger partial charge in [0.25, 0.3) is 0 Å². The number of alkyl carbamates (subject to hydrolysis) is 1. The fourth-order valence-corrected chi connectivity index (χ4v) is 1.65. The number of amides is 1. The summed E-state index contributed by atoms with van der Waals surface area (Å²) < 4.78 is 18.7. The number of hydrogen-bond donors (Lipinski definition) is 1. The Morgan fingerprint density at radius 1 is 1.30 bits per heavy atom. The lowest BCUT2D eigenvalue weighted by atomic mass is 10.0. The van der Waals surface area contributed by atoms with Crippen LogP contribution in [0.5, 0.6) is 0 Å². The Balaban J connectivity index is 2.79. The highest BCUT2D eigenvalue weighted by Crippen LogP contribution is 2.12. The van der Waals surface area contributed by atoms with Crippen molar-refractivity contribution in [3.05, 3.63) is 35.6 Å². The molecule has 1 N–H and O–H groups in total. The maximum Gasteiger partial charge on any atom is 0.408 e. The highest BCUT2D eigenvalue weighted by Gasteiger charge is 2.25. The lowest BCUT2D eigenvalue weighted by molar-refractivity contribution is 0.0489. The summed E-state index contributed by atoms with van der Waals surface area (Å²) in [4.78, 5) is 23.9. The van der Waals surface area contributed by atoms with E-state index in [2.05, 4.69) is 5.32 Å². The predicted molar refractivity (Wildman–Crippen MR) is 74.2 cm³/mol. The number of halogens is 1. The maximum atomic E-state index is 13.6. The van der Waals surface area contributed by atoms with Crippen molar-refractivity contribution in [2.45, 2.75) is 45.8 Å². The van der Waals surface area contributed by atoms with Crippen molar-refractivity contribution in [1.82, 2.24) is 5.32 Å². The zero-order valence-electron chi connectivity index (χ0n) is 12.2. The van der Waals surface area contributed by atoms with Crippen LogP contribution >= 0.6 is 0 Å². The van der Waals surface area contributed by atoms with Gasteiger partial charge in [0.1, 0.15) is 11.4 Å². The first kappa shape index (κ1) is 16.1. The molecule has 1 amide bonds. The van der Waals surface area contributed by atoms with E-state index in [0.29, 0.717) is 6.42 Å². The first-order valence-corrected chi connectivity index (χ1v) is 6.53. The quantitative estimate of drug-likeness (QED) is 0.861. The molecule has 0 aromatic heterocycles. The second kappa shape index (κ2) is 6.50. The first-order valence-electron chi connectivity index (χ1n) is 6.53. The van der Waals surface area contributed by atoms with Crippen molar-refractivity contribution in [2.24, 2.45) is 0 Å². The van der Waals surface area contributed by atoms with E-state index >= 15 is 0 Å². The molecule has 110 valence electrons. The molecule has 0 radical (unpaired) electrons. The molecule has 0 saturated heterocycles. The molecule has 0 spiro atoms. The molecule has 0 aliphatic heterocycles. The second-order valence-corrected chi connectivity index (χ2v) is 5.45. The summed E-state index contributed by atoms with van der Waals surface area (Å²) in [5, 5.41) is 2.47. The van der Waals surface area contributed by atoms with E-state index in [1.807, 2.05) is 0 Å². The van der Waals surface area contributed by atoms with Gasteiger partial charge < -0.3 is 10.1 Å². The van der Waals surface area contributed by atoms with E-state index in [0.717, 1.165) is 0 Å². The molecule has 0 heterocycles. The summed E-state index contributed by atoms with van der Waals surface area (Å²) in [6.07, 6.45) is -0.332. The molecule has 4 nitrogen and oxygen atoms in total. The third-order valence-electron chi connectivity index (χ3n) is 2.56. The number of ketones is 1. The molecule has 0 bridgehead atoms. The van der Waals surface area contributed by atoms with Crippen molar-refractivity contribution >= 4 is 11.9 Å². The molecular formula is C15H20FNO3. The van der Waals surface area contributed by atoms with Gasteiger partial charge in [-0.2, -0.15) is 0 Å². The monoisotopic (exact) mass is 281 g/mol. The minimum Gasteiger partial charge on any atom is -0.444 e. The van der Waals surface area contributed by atoms with E-state index < -0.39 is 29.3 Å². The topological polar surface area (TPSA) is 55.4 Å². The van der Waals surface area contributed by atoms with E-state index in [1.165, 1.54) is 18.2 Å². The summed E-state index contributed by atoms with van der Waals surface area (Å²) in [6.45, 7) is 6.92. The molecular weight excluding hydrogens is 261 g/mol. The zero-order valence-corrected chi connectivity index (χ0v) is 12.2. The van der Waals surface area contributed by atoms with E-state index in [1.54, 1.807) is 33.8 Å². The fourth-order valence-electron chi connectivity index (χ4n) is 1.65. The predicted octanol–water partition coefficient (Wildman–Crippen LogP) is 3.31. The Labute approximate surface area is 118 Å². The summed E-state index contributed by atoms with van der Waals surface area (Å²) >= 11 is 0. The van der Waals surface area contributed by atoms with Crippen LogP contribution in [0.15, 0.2) is 24.3 Å². The van der Waals surface area contributed by atoms with Gasteiger partial charge in [0, 0.05) is 0 Å². The summed E-state index contributed by atoms with van der Waals surface area (Å²) in [5.41, 5.74) is -0.681. The SMILES string of the molecule is CCC(NC(=O)OC(C)(C)C)C(=O)c1ccccc1F. The van der Waals surface area contributed by atoms with Crippen LogP contribution in [0.1, 0.15) is 44.5 Å². The van der Waals surface area contributed by atoms with Crippen molar-refractivity contribution in [3.8, 4) is 0 Å². The summed E-state index contributed by atoms with van der Waals surface area (Å²) in [6, 6.07) is 4.90. The minimum absolute atomic E-state index is 0.0320. The molecule has 1 atom stereocenters. The lowest BCUT2D eigenvalue weighted by Gasteiger charge is -2.22. The van der Waals surface area contributed by atoms with Gasteiger partial charge >= 0.3 is 6.09 Å². The molecule has 1 aromatic carbocycles. The first-order chi connectivity index (χ1) is 9.24. The van der Waals surface area contributed by atoms with Crippen LogP contribution in [0.25, 0.3) is 0 Å². The largest absolute Gasteiger partial charge is 0.444 e. The Morgan fingerprint density at radius 3 is 2.40 bits per heavy atom. The van der Waals surface area contributed by atoms with Gasteiger partial charge in [0.15, 0.2) is 5.78 Å². The average Bonchev–Trinajstić information content (AvgIpc) is 2.33. The Hall–Kier alpha value is -1.91. The fraction of sp³-hybridized carbons (Fsp3) is 0.467. The number of hydrogen-bond acceptors (Lipinski definition) is 3. The van der Waals surface area contributed by atoms with Gasteiger partial charge in [0.05, 0.1) is 11.6 Å². The minimum atomic E-state index is -0.804. The summed E-state index contributed by atoms with van der Waals surface area (Å²) in [5.74, 6) is -1.06. The highest BCUT2D eigenvalue weighted by molar-refractivity contribution is 6.01. The van der Waals surface area contributed by atoms with Gasteiger partial charge in [-0.1, -0.05) is 19.1 Å². The standard InChI is InChI=1S/C15H20FNO3/c1-5-12(17-14(19)20-15(2,3)4)13(18)10-8-6-7-9-11(10)16/h6-9,12H,5H2,1-4H3,(H,17,19). The van der Waals surface area contributed by atoms with E-state index in [9.17, 15) is 14.0 Å². The molecule has 0 aliphatic rings. The van der Waals surface area contributed by atoms with Crippen molar-refractivity contribution in [3.63, 3.8) is 0 Å². The van der Waals surface area contributed by atoms with Gasteiger partial charge in [-0.05, 0) is 39.3 Å². The van der Waals surface area contributed by atoms with Crippen LogP contribution in [0.2, 0.25) is 0 Å². The maximum absolute atomic E-state index is 13.6. The normalized spacial score (nSPS) is 12.7. The molecule has 1 unspecified atom stereocenters. The van der Waals surface area contributed by atoms with Crippen LogP contribution < -0.4 is 5.32 Å².